The lowest BCUT2D eigenvalue weighted by Gasteiger charge is -2.22. The zero-order valence-corrected chi connectivity index (χ0v) is 9.40. The van der Waals surface area contributed by atoms with Crippen molar-refractivity contribution in [2.24, 2.45) is 0 Å². The van der Waals surface area contributed by atoms with E-state index in [4.69, 9.17) is 0 Å². The fourth-order valence-electron chi connectivity index (χ4n) is 1.11. The summed E-state index contributed by atoms with van der Waals surface area (Å²) in [6.45, 7) is 10.0. The van der Waals surface area contributed by atoms with Crippen LogP contribution in [0.2, 0.25) is 0 Å². The van der Waals surface area contributed by atoms with Crippen LogP contribution in [-0.4, -0.2) is 17.6 Å². The van der Waals surface area contributed by atoms with Crippen molar-refractivity contribution in [2.45, 2.75) is 59.0 Å². The number of amides is 2. The van der Waals surface area contributed by atoms with Gasteiger partial charge in [-0.15, -0.1) is 0 Å². The van der Waals surface area contributed by atoms with Crippen LogP contribution in [-0.2, 0) is 0 Å². The highest BCUT2D eigenvalue weighted by Gasteiger charge is 2.14. The molecule has 0 aliphatic heterocycles. The van der Waals surface area contributed by atoms with Gasteiger partial charge >= 0.3 is 6.03 Å². The van der Waals surface area contributed by atoms with E-state index in [0.717, 1.165) is 12.8 Å². The molecule has 2 N–H and O–H groups in total. The summed E-state index contributed by atoms with van der Waals surface area (Å²) in [4.78, 5) is 11.3. The Kier molecular flexibility index (Phi) is 4.81. The van der Waals surface area contributed by atoms with Gasteiger partial charge in [-0.25, -0.2) is 4.79 Å². The molecule has 0 spiro atoms. The number of hydrogen-bond donors (Lipinski definition) is 2. The zero-order chi connectivity index (χ0) is 10.5. The van der Waals surface area contributed by atoms with Gasteiger partial charge in [-0.05, 0) is 34.1 Å². The molecule has 0 aliphatic carbocycles. The molecule has 1 unspecified atom stereocenters. The van der Waals surface area contributed by atoms with Crippen molar-refractivity contribution in [1.82, 2.24) is 10.6 Å². The average Bonchev–Trinajstić information content (AvgIpc) is 1.81. The van der Waals surface area contributed by atoms with Crippen LogP contribution in [0.15, 0.2) is 0 Å². The molecule has 0 aliphatic rings. The second kappa shape index (κ2) is 5.10. The molecule has 0 saturated heterocycles. The summed E-state index contributed by atoms with van der Waals surface area (Å²) in [5, 5.41) is 5.75. The third-order valence-electron chi connectivity index (χ3n) is 1.59. The maximum Gasteiger partial charge on any atom is 0.315 e. The van der Waals surface area contributed by atoms with Gasteiger partial charge < -0.3 is 10.6 Å². The Bertz CT molecular complexity index is 161. The zero-order valence-electron chi connectivity index (χ0n) is 9.40. The lowest BCUT2D eigenvalue weighted by atomic mass is 10.1. The minimum Gasteiger partial charge on any atom is -0.336 e. The van der Waals surface area contributed by atoms with E-state index < -0.39 is 0 Å². The Morgan fingerprint density at radius 3 is 2.31 bits per heavy atom. The van der Waals surface area contributed by atoms with E-state index in [1.54, 1.807) is 0 Å². The summed E-state index contributed by atoms with van der Waals surface area (Å²) in [6, 6.07) is 0.181. The predicted molar refractivity (Wildman–Crippen MR) is 55.8 cm³/mol. The molecule has 78 valence electrons. The molecule has 0 bridgehead atoms. The normalized spacial score (nSPS) is 13.6. The lowest BCUT2D eigenvalue weighted by molar-refractivity contribution is 0.228. The lowest BCUT2D eigenvalue weighted by Crippen LogP contribution is -2.48. The Morgan fingerprint density at radius 2 is 1.92 bits per heavy atom. The molecule has 0 fully saturated rings. The third kappa shape index (κ3) is 7.62. The van der Waals surface area contributed by atoms with Gasteiger partial charge in [0.15, 0.2) is 0 Å². The summed E-state index contributed by atoms with van der Waals surface area (Å²) in [6.07, 6.45) is 2.12. The van der Waals surface area contributed by atoms with E-state index >= 15 is 0 Å². The molecule has 2 amide bonds. The number of carbonyl (C=O) groups excluding carboxylic acids is 1. The minimum atomic E-state index is -0.157. The number of carbonyl (C=O) groups is 1. The van der Waals surface area contributed by atoms with Gasteiger partial charge in [-0.3, -0.25) is 0 Å². The topological polar surface area (TPSA) is 41.1 Å². The highest BCUT2D eigenvalue weighted by molar-refractivity contribution is 5.74. The van der Waals surface area contributed by atoms with Gasteiger partial charge in [-0.1, -0.05) is 13.3 Å². The van der Waals surface area contributed by atoms with Crippen molar-refractivity contribution in [1.29, 1.82) is 0 Å². The largest absolute Gasteiger partial charge is 0.336 e. The molecular weight excluding hydrogens is 164 g/mol. The standard InChI is InChI=1S/C10H22N2O/c1-6-7-8(2)11-9(13)12-10(3,4)5/h8H,6-7H2,1-5H3,(H2,11,12,13). The molecule has 0 aromatic heterocycles. The Labute approximate surface area is 81.3 Å². The van der Waals surface area contributed by atoms with Gasteiger partial charge in [-0.2, -0.15) is 0 Å². The average molecular weight is 186 g/mol. The van der Waals surface area contributed by atoms with Crippen molar-refractivity contribution in [2.75, 3.05) is 0 Å². The third-order valence-corrected chi connectivity index (χ3v) is 1.59. The van der Waals surface area contributed by atoms with Crippen molar-refractivity contribution in [3.8, 4) is 0 Å². The van der Waals surface area contributed by atoms with E-state index in [0.29, 0.717) is 0 Å². The summed E-state index contributed by atoms with van der Waals surface area (Å²) >= 11 is 0. The second-order valence-corrected chi connectivity index (χ2v) is 4.54. The molecule has 0 aromatic rings. The van der Waals surface area contributed by atoms with Crippen molar-refractivity contribution >= 4 is 6.03 Å². The highest BCUT2D eigenvalue weighted by Crippen LogP contribution is 1.99. The summed E-state index contributed by atoms with van der Waals surface area (Å²) < 4.78 is 0. The van der Waals surface area contributed by atoms with Gasteiger partial charge in [0, 0.05) is 11.6 Å². The fraction of sp³-hybridized carbons (Fsp3) is 0.900. The minimum absolute atomic E-state index is 0.0755. The van der Waals surface area contributed by atoms with E-state index in [-0.39, 0.29) is 17.6 Å². The second-order valence-electron chi connectivity index (χ2n) is 4.54. The Hall–Kier alpha value is -0.730. The predicted octanol–water partition coefficient (Wildman–Crippen LogP) is 2.27. The summed E-state index contributed by atoms with van der Waals surface area (Å²) in [5.74, 6) is 0. The molecule has 0 rings (SSSR count). The number of rotatable bonds is 3. The van der Waals surface area contributed by atoms with Crippen molar-refractivity contribution < 1.29 is 4.79 Å². The SMILES string of the molecule is CCCC(C)NC(=O)NC(C)(C)C. The van der Waals surface area contributed by atoms with Crippen LogP contribution >= 0.6 is 0 Å². The molecule has 3 heteroatoms. The molecule has 3 nitrogen and oxygen atoms in total. The van der Waals surface area contributed by atoms with Gasteiger partial charge in [0.1, 0.15) is 0 Å². The van der Waals surface area contributed by atoms with Crippen LogP contribution in [0.1, 0.15) is 47.5 Å². The molecule has 0 radical (unpaired) electrons. The Balaban J connectivity index is 3.74. The number of urea groups is 1. The molecule has 1 atom stereocenters. The van der Waals surface area contributed by atoms with Gasteiger partial charge in [0.05, 0.1) is 0 Å². The van der Waals surface area contributed by atoms with Crippen LogP contribution in [0.5, 0.6) is 0 Å². The van der Waals surface area contributed by atoms with Crippen LogP contribution in [0, 0.1) is 0 Å². The van der Waals surface area contributed by atoms with E-state index in [9.17, 15) is 4.79 Å². The maximum atomic E-state index is 11.3. The first-order valence-electron chi connectivity index (χ1n) is 4.94. The van der Waals surface area contributed by atoms with E-state index in [1.807, 2.05) is 27.7 Å². The first kappa shape index (κ1) is 12.3. The number of nitrogens with one attached hydrogen (secondary N) is 2. The van der Waals surface area contributed by atoms with Crippen molar-refractivity contribution in [3.05, 3.63) is 0 Å². The molecular formula is C10H22N2O. The monoisotopic (exact) mass is 186 g/mol. The quantitative estimate of drug-likeness (QED) is 0.697. The van der Waals surface area contributed by atoms with E-state index in [2.05, 4.69) is 17.6 Å². The van der Waals surface area contributed by atoms with Crippen LogP contribution in [0.4, 0.5) is 4.79 Å². The van der Waals surface area contributed by atoms with Gasteiger partial charge in [0.2, 0.25) is 0 Å². The molecule has 0 heterocycles. The van der Waals surface area contributed by atoms with Gasteiger partial charge in [0.25, 0.3) is 0 Å². The van der Waals surface area contributed by atoms with E-state index in [1.165, 1.54) is 0 Å². The fourth-order valence-corrected chi connectivity index (χ4v) is 1.11. The smallest absolute Gasteiger partial charge is 0.315 e. The number of hydrogen-bond acceptors (Lipinski definition) is 1. The van der Waals surface area contributed by atoms with Crippen LogP contribution < -0.4 is 10.6 Å². The maximum absolute atomic E-state index is 11.3. The first-order chi connectivity index (χ1) is 5.85. The Morgan fingerprint density at radius 1 is 1.38 bits per heavy atom. The van der Waals surface area contributed by atoms with Crippen molar-refractivity contribution in [3.63, 3.8) is 0 Å². The highest BCUT2D eigenvalue weighted by atomic mass is 16.2. The van der Waals surface area contributed by atoms with Crippen LogP contribution in [0.25, 0.3) is 0 Å². The first-order valence-corrected chi connectivity index (χ1v) is 4.94. The molecule has 0 saturated carbocycles. The molecule has 0 aromatic carbocycles. The summed E-state index contributed by atoms with van der Waals surface area (Å²) in [7, 11) is 0. The summed E-state index contributed by atoms with van der Waals surface area (Å²) in [5.41, 5.74) is -0.157. The van der Waals surface area contributed by atoms with Crippen LogP contribution in [0.3, 0.4) is 0 Å². The molecule has 13 heavy (non-hydrogen) atoms.